The Labute approximate surface area is 352 Å². The molecule has 13 atom stereocenters. The number of carbonyl (C=O) groups is 4. The number of nitrogens with two attached hydrogens (primary N) is 1. The van der Waals surface area contributed by atoms with Crippen molar-refractivity contribution in [1.29, 1.82) is 0 Å². The highest BCUT2D eigenvalue weighted by atomic mass is 31.2. The number of phosphoric acid groups is 1. The van der Waals surface area contributed by atoms with Crippen molar-refractivity contribution >= 4 is 54.8 Å². The molecule has 0 spiro atoms. The van der Waals surface area contributed by atoms with Gasteiger partial charge >= 0.3 is 0 Å². The molecule has 0 radical (unpaired) electrons. The molecule has 2 aromatic rings. The van der Waals surface area contributed by atoms with Crippen molar-refractivity contribution in [3.05, 3.63) is 40.2 Å². The number of hydrogen-bond donors (Lipinski definition) is 11. The van der Waals surface area contributed by atoms with Gasteiger partial charge < -0.3 is 106 Å². The summed E-state index contributed by atoms with van der Waals surface area (Å²) in [5, 5.41) is 97.1. The Morgan fingerprint density at radius 2 is 1.65 bits per heavy atom. The van der Waals surface area contributed by atoms with E-state index in [1.165, 1.54) is 0 Å². The number of aliphatic hydroxyl groups excluding tert-OH is 5. The van der Waals surface area contributed by atoms with Crippen LogP contribution in [0.5, 0.6) is 0 Å². The minimum Gasteiger partial charge on any atom is -0.756 e. The molecule has 4 rings (SSSR count). The first-order valence-corrected chi connectivity index (χ1v) is 20.5. The maximum absolute atomic E-state index is 12.6. The monoisotopic (exact) mass is 901 g/mol. The molecule has 1 amide bonds. The van der Waals surface area contributed by atoms with Gasteiger partial charge in [-0.25, -0.2) is 0 Å². The van der Waals surface area contributed by atoms with Gasteiger partial charge in [0.25, 0.3) is 13.4 Å². The van der Waals surface area contributed by atoms with E-state index in [1.807, 2.05) is 13.8 Å². The number of hydrogen-bond acceptors (Lipinski definition) is 24. The fourth-order valence-electron chi connectivity index (χ4n) is 6.48. The number of carbonyl (C=O) groups excluding carboxylic acids is 4. The number of aliphatic carboxylic acids is 3. The lowest BCUT2D eigenvalue weighted by atomic mass is 9.98. The van der Waals surface area contributed by atoms with Crippen molar-refractivity contribution in [2.24, 2.45) is 0 Å². The van der Waals surface area contributed by atoms with E-state index < -0.39 is 131 Å². The number of ether oxygens (including phenoxy) is 2. The number of phosphoric ester groups is 1. The molecule has 2 aliphatic rings. The Bertz CT molecular complexity index is 1980. The van der Waals surface area contributed by atoms with Gasteiger partial charge in [0.1, 0.15) is 42.3 Å². The molecule has 1 fully saturated rings. The van der Waals surface area contributed by atoms with Crippen LogP contribution in [0.1, 0.15) is 45.1 Å². The van der Waals surface area contributed by atoms with Crippen molar-refractivity contribution in [2.45, 2.75) is 119 Å². The molecule has 1 aromatic carbocycles. The summed E-state index contributed by atoms with van der Waals surface area (Å²) in [5.74, 6) is -6.56. The zero-order chi connectivity index (χ0) is 46.1. The number of aromatic amines is 1. The zero-order valence-corrected chi connectivity index (χ0v) is 34.0. The van der Waals surface area contributed by atoms with Gasteiger partial charge in [-0.05, 0) is 57.2 Å². The lowest BCUT2D eigenvalue weighted by Gasteiger charge is -2.37. The lowest BCUT2D eigenvalue weighted by molar-refractivity contribution is -0.311. The summed E-state index contributed by atoms with van der Waals surface area (Å²) in [6, 6.07) is 4.21. The van der Waals surface area contributed by atoms with Crippen LogP contribution in [0.3, 0.4) is 0 Å². The number of aromatic nitrogens is 2. The van der Waals surface area contributed by atoms with Crippen LogP contribution in [0, 0.1) is 0 Å². The molecule has 0 saturated carbocycles. The van der Waals surface area contributed by atoms with Crippen molar-refractivity contribution in [2.75, 3.05) is 34.9 Å². The summed E-state index contributed by atoms with van der Waals surface area (Å²) < 4.78 is 32.4. The summed E-state index contributed by atoms with van der Waals surface area (Å²) in [4.78, 5) is 77.2. The number of carboxylic acids is 3. The van der Waals surface area contributed by atoms with Crippen LogP contribution in [0.4, 0.5) is 23.1 Å². The number of rotatable bonds is 24. The van der Waals surface area contributed by atoms with Gasteiger partial charge in [-0.1, -0.05) is 12.1 Å². The highest BCUT2D eigenvalue weighted by Crippen LogP contribution is 2.42. The van der Waals surface area contributed by atoms with Gasteiger partial charge in [-0.2, -0.15) is 4.98 Å². The molecule has 1 saturated heterocycles. The summed E-state index contributed by atoms with van der Waals surface area (Å²) in [6.45, 7) is 1.96. The van der Waals surface area contributed by atoms with Crippen LogP contribution in [0.25, 0.3) is 0 Å². The lowest BCUT2D eigenvalue weighted by Crippen LogP contribution is -2.51. The number of amides is 1. The minimum atomic E-state index is -5.62. The summed E-state index contributed by atoms with van der Waals surface area (Å²) >= 11 is 0. The van der Waals surface area contributed by atoms with E-state index in [1.54, 1.807) is 29.6 Å². The Hall–Kier alpha value is -4.99. The quantitative estimate of drug-likeness (QED) is 0.0436. The first-order valence-electron chi connectivity index (χ1n) is 19.1. The molecule has 3 heterocycles. The zero-order valence-electron chi connectivity index (χ0n) is 33.1. The third-order valence-electron chi connectivity index (χ3n) is 9.82. The second-order valence-electron chi connectivity index (χ2n) is 14.6. The van der Waals surface area contributed by atoms with Gasteiger partial charge in [0.2, 0.25) is 11.9 Å². The largest absolute Gasteiger partial charge is 0.756 e. The molecule has 0 aliphatic carbocycles. The molecule has 62 heavy (non-hydrogen) atoms. The maximum Gasteiger partial charge on any atom is 0.277 e. The first kappa shape index (κ1) is 49.7. The molecule has 1 unspecified atom stereocenters. The second-order valence-corrected chi connectivity index (χ2v) is 16.0. The van der Waals surface area contributed by atoms with Crippen LogP contribution in [0.15, 0.2) is 29.1 Å². The smallest absolute Gasteiger partial charge is 0.277 e. The maximum atomic E-state index is 12.6. The van der Waals surface area contributed by atoms with Crippen LogP contribution in [-0.2, 0) is 48.7 Å². The molecular formula is C35H48N7O19P-4. The molecule has 2 aliphatic heterocycles. The molecule has 27 heteroatoms. The fraction of sp³-hybridized carbons (Fsp3) is 0.600. The highest BCUT2D eigenvalue weighted by molar-refractivity contribution is 7.45. The summed E-state index contributed by atoms with van der Waals surface area (Å²) in [5.41, 5.74) is 6.74. The molecule has 26 nitrogen and oxygen atoms in total. The third kappa shape index (κ3) is 14.0. The summed E-state index contributed by atoms with van der Waals surface area (Å²) in [7, 11) is -5.62. The number of benzene rings is 1. The van der Waals surface area contributed by atoms with Crippen molar-refractivity contribution in [3.8, 4) is 0 Å². The summed E-state index contributed by atoms with van der Waals surface area (Å²) in [6.07, 6.45) is -18.0. The van der Waals surface area contributed by atoms with E-state index in [-0.39, 0.29) is 36.2 Å². The standard InChI is InChI=1S/C35H52N7O19P/c1-14(25-15(2)38-30-26(40-25)32(53)42-35(36)41-30)37-17-5-3-16(4-6-17)11-19(43)27(49)20(44)12-58-34-29(51)28(50)22(60-34)13-59-62(56,57)61-21(8-10-24(47)48)31(52)39-18(33(54)55)7-9-23(45)46/h3-6,14-15,18-22,25,27-29,34,37,40,43-44,49-51H,7-13H2,1-2H3,(H,39,52)(H,45,46)(H,47,48)(H,54,55)(H,56,57)(H4,36,38,41,42,53)/p-4/t14-,15+,18+,19+,20-,21+,22-,25+,27+,28-,29-,34+/m1/s1. The van der Waals surface area contributed by atoms with E-state index in [9.17, 15) is 74.3 Å². The van der Waals surface area contributed by atoms with Crippen LogP contribution < -0.4 is 52.8 Å². The number of anilines is 4. The average Bonchev–Trinajstić information content (AvgIpc) is 3.46. The fourth-order valence-corrected chi connectivity index (χ4v) is 7.39. The van der Waals surface area contributed by atoms with Gasteiger partial charge in [0.05, 0.1) is 37.4 Å². The van der Waals surface area contributed by atoms with Gasteiger partial charge in [-0.3, -0.25) is 19.1 Å². The average molecular weight is 902 g/mol. The molecule has 1 aromatic heterocycles. The predicted molar refractivity (Wildman–Crippen MR) is 201 cm³/mol. The third-order valence-corrected chi connectivity index (χ3v) is 10.8. The topological polar surface area (TPSA) is 436 Å². The number of nitrogens with one attached hydrogen (secondary N) is 5. The second kappa shape index (κ2) is 21.9. The van der Waals surface area contributed by atoms with Crippen LogP contribution in [-0.4, -0.2) is 146 Å². The number of carboxylic acid groups (broad SMARTS) is 3. The number of nitrogens with zero attached hydrogens (tertiary/aromatic N) is 1. The van der Waals surface area contributed by atoms with Crippen molar-refractivity contribution in [1.82, 2.24) is 15.3 Å². The highest BCUT2D eigenvalue weighted by Gasteiger charge is 2.45. The van der Waals surface area contributed by atoms with Crippen molar-refractivity contribution in [3.63, 3.8) is 0 Å². The Kier molecular flexibility index (Phi) is 17.5. The Morgan fingerprint density at radius 3 is 2.27 bits per heavy atom. The van der Waals surface area contributed by atoms with Gasteiger partial charge in [-0.15, -0.1) is 0 Å². The molecule has 346 valence electrons. The Balaban J connectivity index is 1.24. The van der Waals surface area contributed by atoms with Crippen LogP contribution >= 0.6 is 7.82 Å². The predicted octanol–water partition coefficient (Wildman–Crippen LogP) is -7.30. The van der Waals surface area contributed by atoms with E-state index >= 15 is 0 Å². The van der Waals surface area contributed by atoms with Gasteiger partial charge in [0, 0.05) is 36.1 Å². The first-order chi connectivity index (χ1) is 29.0. The normalized spacial score (nSPS) is 24.7. The van der Waals surface area contributed by atoms with E-state index in [2.05, 4.69) is 35.0 Å². The number of H-pyrrole nitrogens is 1. The molecule has 0 bridgehead atoms. The number of fused-ring (bicyclic) bond motifs is 1. The SMILES string of the molecule is C[C@@H]1Nc2nc(N)[nH]c(=O)c2N[C@H]1[C@@H](C)Nc1ccc(C[C@H](O)[C@H](O)[C@H](O)CO[C@H]2O[C@H](COP(=O)([O-])O[C@@H](CCC(=O)[O-])C(=O)N[C@@H](CCC(=O)[O-])C(=O)[O-])[C@@H](O)[C@H]2O)cc1. The van der Waals surface area contributed by atoms with E-state index in [0.29, 0.717) is 17.1 Å². The van der Waals surface area contributed by atoms with E-state index in [4.69, 9.17) is 15.2 Å². The molecular weight excluding hydrogens is 853 g/mol. The minimum absolute atomic E-state index is 0.0188. The number of aliphatic hydroxyl groups is 5. The van der Waals surface area contributed by atoms with Crippen molar-refractivity contribution < 1.29 is 88.0 Å². The Morgan fingerprint density at radius 1 is 1.00 bits per heavy atom. The molecule has 12 N–H and O–H groups in total. The van der Waals surface area contributed by atoms with Crippen LogP contribution in [0.2, 0.25) is 0 Å². The number of nitrogen functional groups attached to an aromatic ring is 1. The van der Waals surface area contributed by atoms with E-state index in [0.717, 1.165) is 0 Å². The van der Waals surface area contributed by atoms with Gasteiger partial charge in [0.15, 0.2) is 12.1 Å².